The summed E-state index contributed by atoms with van der Waals surface area (Å²) in [6.07, 6.45) is 2.91. The third-order valence-corrected chi connectivity index (χ3v) is 3.85. The van der Waals surface area contributed by atoms with E-state index in [1.54, 1.807) is 10.6 Å². The number of aromatic nitrogens is 4. The number of aryl methyl sites for hydroxylation is 1. The van der Waals surface area contributed by atoms with Gasteiger partial charge in [-0.1, -0.05) is 43.0 Å². The van der Waals surface area contributed by atoms with Crippen molar-refractivity contribution in [2.75, 3.05) is 6.26 Å². The number of aromatic amines is 1. The average molecular weight is 286 g/mol. The zero-order chi connectivity index (χ0) is 14.1. The Hall–Kier alpha value is -2.08. The molecule has 5 nitrogen and oxygen atoms in total. The van der Waals surface area contributed by atoms with Crippen LogP contribution in [-0.2, 0) is 6.42 Å². The quantitative estimate of drug-likeness (QED) is 0.751. The van der Waals surface area contributed by atoms with Gasteiger partial charge in [0.15, 0.2) is 0 Å². The normalized spacial score (nSPS) is 11.1. The minimum absolute atomic E-state index is 0.230. The highest BCUT2D eigenvalue weighted by atomic mass is 32.2. The summed E-state index contributed by atoms with van der Waals surface area (Å²) in [4.78, 5) is 11.8. The van der Waals surface area contributed by atoms with Crippen molar-refractivity contribution in [3.63, 3.8) is 0 Å². The number of H-pyrrole nitrogens is 1. The molecule has 0 unspecified atom stereocenters. The van der Waals surface area contributed by atoms with Crippen LogP contribution in [0.4, 0.5) is 0 Å². The molecule has 0 aliphatic heterocycles. The summed E-state index contributed by atoms with van der Waals surface area (Å²) in [5, 5.41) is 11.6. The van der Waals surface area contributed by atoms with Gasteiger partial charge in [0.05, 0.1) is 5.69 Å². The Morgan fingerprint density at radius 2 is 2.05 bits per heavy atom. The Morgan fingerprint density at radius 3 is 2.70 bits per heavy atom. The first-order valence-corrected chi connectivity index (χ1v) is 7.57. The van der Waals surface area contributed by atoms with E-state index in [4.69, 9.17) is 0 Å². The van der Waals surface area contributed by atoms with Crippen LogP contribution in [0.1, 0.15) is 12.5 Å². The van der Waals surface area contributed by atoms with Crippen LogP contribution in [0, 0.1) is 0 Å². The fourth-order valence-electron chi connectivity index (χ4n) is 2.08. The molecule has 20 heavy (non-hydrogen) atoms. The third-order valence-electron chi connectivity index (χ3n) is 3.22. The lowest BCUT2D eigenvalue weighted by Gasteiger charge is -1.99. The van der Waals surface area contributed by atoms with Gasteiger partial charge in [-0.15, -0.1) is 5.10 Å². The molecule has 0 aliphatic rings. The molecule has 3 aromatic rings. The highest BCUT2D eigenvalue weighted by Crippen LogP contribution is 2.21. The van der Waals surface area contributed by atoms with Crippen molar-refractivity contribution in [1.29, 1.82) is 0 Å². The summed E-state index contributed by atoms with van der Waals surface area (Å²) in [7, 11) is 0. The summed E-state index contributed by atoms with van der Waals surface area (Å²) in [6.45, 7) is 2.12. The molecular weight excluding hydrogens is 272 g/mol. The number of fused-ring (bicyclic) bond motifs is 1. The largest absolute Gasteiger partial charge is 0.290 e. The molecule has 0 bridgehead atoms. The summed E-state index contributed by atoms with van der Waals surface area (Å²) in [5.74, 6) is 0. The molecule has 1 N–H and O–H groups in total. The molecule has 0 fully saturated rings. The molecular formula is C14H14N4OS. The number of hydrogen-bond acceptors (Lipinski definition) is 4. The van der Waals surface area contributed by atoms with E-state index in [0.29, 0.717) is 10.7 Å². The van der Waals surface area contributed by atoms with Crippen molar-refractivity contribution < 1.29 is 0 Å². The van der Waals surface area contributed by atoms with Crippen LogP contribution in [0.2, 0.25) is 0 Å². The van der Waals surface area contributed by atoms with E-state index >= 15 is 0 Å². The minimum atomic E-state index is -0.230. The second-order valence-corrected chi connectivity index (χ2v) is 5.19. The zero-order valence-corrected chi connectivity index (χ0v) is 12.1. The topological polar surface area (TPSA) is 63.0 Å². The first-order valence-electron chi connectivity index (χ1n) is 6.34. The predicted molar refractivity (Wildman–Crippen MR) is 80.2 cm³/mol. The van der Waals surface area contributed by atoms with Gasteiger partial charge in [0, 0.05) is 5.56 Å². The van der Waals surface area contributed by atoms with Gasteiger partial charge in [-0.2, -0.15) is 5.10 Å². The van der Waals surface area contributed by atoms with Crippen LogP contribution in [0.25, 0.3) is 16.8 Å². The third kappa shape index (κ3) is 2.12. The lowest BCUT2D eigenvalue weighted by Crippen LogP contribution is -2.13. The Balaban J connectivity index is 2.16. The molecule has 2 heterocycles. The molecule has 0 saturated carbocycles. The Kier molecular flexibility index (Phi) is 3.31. The molecule has 0 spiro atoms. The summed E-state index contributed by atoms with van der Waals surface area (Å²) in [5.41, 5.74) is 3.34. The van der Waals surface area contributed by atoms with E-state index in [2.05, 4.69) is 34.4 Å². The molecule has 0 amide bonds. The van der Waals surface area contributed by atoms with Crippen LogP contribution in [0.5, 0.6) is 0 Å². The summed E-state index contributed by atoms with van der Waals surface area (Å²) < 4.78 is 1.59. The van der Waals surface area contributed by atoms with Gasteiger partial charge in [0.2, 0.25) is 5.16 Å². The van der Waals surface area contributed by atoms with Crippen LogP contribution >= 0.6 is 11.8 Å². The SMILES string of the molecule is CCc1ccc(-c2cc3c(=O)[nH]nc(SC)n3n2)cc1. The number of nitrogens with zero attached hydrogens (tertiary/aromatic N) is 3. The van der Waals surface area contributed by atoms with E-state index in [-0.39, 0.29) is 5.56 Å². The van der Waals surface area contributed by atoms with Crippen molar-refractivity contribution in [3.8, 4) is 11.3 Å². The second kappa shape index (κ2) is 5.13. The fourth-order valence-corrected chi connectivity index (χ4v) is 2.53. The van der Waals surface area contributed by atoms with E-state index in [1.165, 1.54) is 17.3 Å². The molecule has 2 aromatic heterocycles. The highest BCUT2D eigenvalue weighted by molar-refractivity contribution is 7.98. The molecule has 0 aliphatic carbocycles. The van der Waals surface area contributed by atoms with Crippen molar-refractivity contribution in [2.45, 2.75) is 18.5 Å². The summed E-state index contributed by atoms with van der Waals surface area (Å²) >= 11 is 1.44. The first-order chi connectivity index (χ1) is 9.72. The highest BCUT2D eigenvalue weighted by Gasteiger charge is 2.11. The van der Waals surface area contributed by atoms with Crippen molar-refractivity contribution in [1.82, 2.24) is 19.8 Å². The van der Waals surface area contributed by atoms with Crippen LogP contribution in [-0.4, -0.2) is 26.1 Å². The van der Waals surface area contributed by atoms with Crippen LogP contribution < -0.4 is 5.56 Å². The smallest absolute Gasteiger partial charge is 0.266 e. The van der Waals surface area contributed by atoms with Crippen LogP contribution in [0.15, 0.2) is 40.3 Å². The lowest BCUT2D eigenvalue weighted by atomic mass is 10.1. The van der Waals surface area contributed by atoms with Gasteiger partial charge in [-0.25, -0.2) is 9.61 Å². The number of hydrogen-bond donors (Lipinski definition) is 1. The van der Waals surface area contributed by atoms with Gasteiger partial charge in [-0.3, -0.25) is 4.79 Å². The first kappa shape index (κ1) is 12.9. The van der Waals surface area contributed by atoms with Crippen LogP contribution in [0.3, 0.4) is 0 Å². The van der Waals surface area contributed by atoms with E-state index in [0.717, 1.165) is 17.7 Å². The second-order valence-electron chi connectivity index (χ2n) is 4.42. The monoisotopic (exact) mass is 286 g/mol. The number of nitrogens with one attached hydrogen (secondary N) is 1. The lowest BCUT2D eigenvalue weighted by molar-refractivity contribution is 0.729. The average Bonchev–Trinajstić information content (AvgIpc) is 2.94. The van der Waals surface area contributed by atoms with Gasteiger partial charge < -0.3 is 0 Å². The maximum Gasteiger partial charge on any atom is 0.290 e. The fraction of sp³-hybridized carbons (Fsp3) is 0.214. The Morgan fingerprint density at radius 1 is 1.30 bits per heavy atom. The maximum absolute atomic E-state index is 11.8. The zero-order valence-electron chi connectivity index (χ0n) is 11.3. The van der Waals surface area contributed by atoms with E-state index in [1.807, 2.05) is 18.4 Å². The van der Waals surface area contributed by atoms with E-state index in [9.17, 15) is 4.79 Å². The minimum Gasteiger partial charge on any atom is -0.266 e. The number of thioether (sulfide) groups is 1. The molecule has 6 heteroatoms. The number of benzene rings is 1. The Bertz CT molecular complexity index is 804. The molecule has 3 rings (SSSR count). The van der Waals surface area contributed by atoms with Crippen molar-refractivity contribution >= 4 is 17.3 Å². The molecule has 0 radical (unpaired) electrons. The van der Waals surface area contributed by atoms with Gasteiger partial charge in [0.1, 0.15) is 5.52 Å². The Labute approximate surface area is 120 Å². The van der Waals surface area contributed by atoms with Crippen molar-refractivity contribution in [2.24, 2.45) is 0 Å². The van der Waals surface area contributed by atoms with Crippen molar-refractivity contribution in [3.05, 3.63) is 46.2 Å². The standard InChI is InChI=1S/C14H14N4OS/c1-3-9-4-6-10(7-5-9)11-8-12-13(19)15-16-14(20-2)18(12)17-11/h4-8H,3H2,1-2H3,(H,15,19). The van der Waals surface area contributed by atoms with E-state index < -0.39 is 0 Å². The van der Waals surface area contributed by atoms with Gasteiger partial charge >= 0.3 is 0 Å². The molecule has 0 atom stereocenters. The van der Waals surface area contributed by atoms with Gasteiger partial charge in [-0.05, 0) is 24.3 Å². The molecule has 102 valence electrons. The van der Waals surface area contributed by atoms with Gasteiger partial charge in [0.25, 0.3) is 5.56 Å². The maximum atomic E-state index is 11.8. The number of rotatable bonds is 3. The predicted octanol–water partition coefficient (Wildman–Crippen LogP) is 2.37. The summed E-state index contributed by atoms with van der Waals surface area (Å²) in [6, 6.07) is 10.0. The molecule has 1 aromatic carbocycles. The molecule has 0 saturated heterocycles.